The van der Waals surface area contributed by atoms with Gasteiger partial charge in [0.05, 0.1) is 4.75 Å². The summed E-state index contributed by atoms with van der Waals surface area (Å²) < 4.78 is 20.0. The first-order chi connectivity index (χ1) is 11.2. The number of hydrogen-bond donors (Lipinski definition) is 2. The first kappa shape index (κ1) is 20.5. The lowest BCUT2D eigenvalue weighted by Crippen LogP contribution is -2.22. The highest BCUT2D eigenvalue weighted by Crippen LogP contribution is 2.31. The normalized spacial score (nSPS) is 12.2. The van der Waals surface area contributed by atoms with E-state index in [1.54, 1.807) is 20.8 Å². The second-order valence-electron chi connectivity index (χ2n) is 6.17. The van der Waals surface area contributed by atoms with Crippen LogP contribution in [0.2, 0.25) is 0 Å². The lowest BCUT2D eigenvalue weighted by atomic mass is 9.98. The van der Waals surface area contributed by atoms with E-state index in [4.69, 9.17) is 15.8 Å². The average Bonchev–Trinajstić information content (AvgIpc) is 2.53. The highest BCUT2D eigenvalue weighted by atomic mass is 35.7. The lowest BCUT2D eigenvalue weighted by Gasteiger charge is -2.20. The minimum absolute atomic E-state index is 0.825. The zero-order valence-electron chi connectivity index (χ0n) is 14.4. The monoisotopic (exact) mass is 369 g/mol. The smallest absolute Gasteiger partial charge is 0.237 e. The zero-order valence-corrected chi connectivity index (χ0v) is 15.9. The van der Waals surface area contributed by atoms with E-state index in [1.807, 2.05) is 0 Å². The molecular formula is C18H24ClNO3S. The molecule has 4 nitrogen and oxygen atoms in total. The topological polar surface area (TPSA) is 66.4 Å². The maximum atomic E-state index is 10.4. The predicted molar refractivity (Wildman–Crippen MR) is 102 cm³/mol. The van der Waals surface area contributed by atoms with Crippen molar-refractivity contribution >= 4 is 31.1 Å². The molecule has 0 unspecified atom stereocenters. The SMILES string of the molecule is CC(C)(C)S(=O)(=O)Cl.CO.c1ccc2c(c1)Cc1ccccc1N2. The van der Waals surface area contributed by atoms with Crippen molar-refractivity contribution in [3.05, 3.63) is 59.7 Å². The summed E-state index contributed by atoms with van der Waals surface area (Å²) in [6, 6.07) is 16.9. The van der Waals surface area contributed by atoms with E-state index in [2.05, 4.69) is 53.8 Å². The predicted octanol–water partition coefficient (Wildman–Crippen LogP) is 4.30. The van der Waals surface area contributed by atoms with Crippen LogP contribution >= 0.6 is 10.7 Å². The first-order valence-corrected chi connectivity index (χ1v) is 9.81. The number of halogens is 1. The Bertz CT molecular complexity index is 680. The molecule has 0 radical (unpaired) electrons. The number of rotatable bonds is 0. The molecule has 0 saturated carbocycles. The largest absolute Gasteiger partial charge is 0.400 e. The number of para-hydroxylation sites is 2. The van der Waals surface area contributed by atoms with Crippen LogP contribution in [0.25, 0.3) is 0 Å². The fraction of sp³-hybridized carbons (Fsp3) is 0.333. The van der Waals surface area contributed by atoms with Crippen molar-refractivity contribution in [1.29, 1.82) is 0 Å². The Morgan fingerprint density at radius 1 is 0.917 bits per heavy atom. The van der Waals surface area contributed by atoms with Crippen molar-refractivity contribution in [1.82, 2.24) is 0 Å². The van der Waals surface area contributed by atoms with E-state index in [-0.39, 0.29) is 0 Å². The summed E-state index contributed by atoms with van der Waals surface area (Å²) in [7, 11) is 2.61. The molecule has 0 fully saturated rings. The summed E-state index contributed by atoms with van der Waals surface area (Å²) in [4.78, 5) is 0. The van der Waals surface area contributed by atoms with E-state index in [0.717, 1.165) is 13.5 Å². The van der Waals surface area contributed by atoms with E-state index in [1.165, 1.54) is 22.5 Å². The van der Waals surface area contributed by atoms with Crippen molar-refractivity contribution in [3.63, 3.8) is 0 Å². The van der Waals surface area contributed by atoms with Gasteiger partial charge in [-0.05, 0) is 44.0 Å². The third-order valence-corrected chi connectivity index (χ3v) is 6.27. The van der Waals surface area contributed by atoms with E-state index < -0.39 is 13.8 Å². The van der Waals surface area contributed by atoms with Crippen molar-refractivity contribution in [3.8, 4) is 0 Å². The van der Waals surface area contributed by atoms with Crippen LogP contribution in [0.4, 0.5) is 11.4 Å². The second kappa shape index (κ2) is 8.51. The van der Waals surface area contributed by atoms with Gasteiger partial charge in [-0.3, -0.25) is 0 Å². The van der Waals surface area contributed by atoms with Crippen LogP contribution in [0.3, 0.4) is 0 Å². The quantitative estimate of drug-likeness (QED) is 0.580. The molecule has 0 atom stereocenters. The van der Waals surface area contributed by atoms with Gasteiger partial charge in [0.1, 0.15) is 0 Å². The van der Waals surface area contributed by atoms with E-state index in [9.17, 15) is 8.42 Å². The van der Waals surface area contributed by atoms with Gasteiger partial charge < -0.3 is 10.4 Å². The standard InChI is InChI=1S/C13H11N.C4H9ClO2S.CH4O/c1-3-7-12-10(5-1)9-11-6-2-4-8-13(11)14-12;1-4(2,3)8(5,6)7;1-2/h1-8,14H,9H2;1-3H3;2H,1H3. The maximum absolute atomic E-state index is 10.4. The van der Waals surface area contributed by atoms with Crippen molar-refractivity contribution in [2.24, 2.45) is 0 Å². The van der Waals surface area contributed by atoms with Gasteiger partial charge in [-0.25, -0.2) is 8.42 Å². The van der Waals surface area contributed by atoms with Crippen LogP contribution in [-0.2, 0) is 15.5 Å². The minimum atomic E-state index is -3.37. The first-order valence-electron chi connectivity index (χ1n) is 7.50. The van der Waals surface area contributed by atoms with Crippen LogP contribution in [0, 0.1) is 0 Å². The number of aliphatic hydroxyl groups excluding tert-OH is 1. The van der Waals surface area contributed by atoms with Gasteiger partial charge in [0.25, 0.3) is 0 Å². The molecule has 2 N–H and O–H groups in total. The number of nitrogens with one attached hydrogen (secondary N) is 1. The number of aliphatic hydroxyl groups is 1. The Hall–Kier alpha value is -1.56. The summed E-state index contributed by atoms with van der Waals surface area (Å²) in [6.07, 6.45) is 1.04. The van der Waals surface area contributed by atoms with E-state index >= 15 is 0 Å². The Labute approximate surface area is 148 Å². The molecule has 1 aliphatic heterocycles. The van der Waals surface area contributed by atoms with Crippen molar-refractivity contribution in [2.45, 2.75) is 31.9 Å². The average molecular weight is 370 g/mol. The Balaban J connectivity index is 0.000000250. The highest BCUT2D eigenvalue weighted by molar-refractivity contribution is 8.14. The van der Waals surface area contributed by atoms with Gasteiger partial charge in [-0.15, -0.1) is 0 Å². The maximum Gasteiger partial charge on any atom is 0.237 e. The summed E-state index contributed by atoms with van der Waals surface area (Å²) in [5.41, 5.74) is 5.25. The summed E-state index contributed by atoms with van der Waals surface area (Å²) in [5, 5.41) is 10.4. The summed E-state index contributed by atoms with van der Waals surface area (Å²) in [6.45, 7) is 4.65. The molecular weight excluding hydrogens is 346 g/mol. The van der Waals surface area contributed by atoms with Crippen molar-refractivity contribution in [2.75, 3.05) is 12.4 Å². The fourth-order valence-electron chi connectivity index (χ4n) is 1.94. The third kappa shape index (κ3) is 5.51. The molecule has 1 aliphatic rings. The Morgan fingerprint density at radius 2 is 1.25 bits per heavy atom. The molecule has 24 heavy (non-hydrogen) atoms. The van der Waals surface area contributed by atoms with Crippen molar-refractivity contribution < 1.29 is 13.5 Å². The van der Waals surface area contributed by atoms with Crippen LogP contribution < -0.4 is 5.32 Å². The number of hydrogen-bond acceptors (Lipinski definition) is 4. The number of anilines is 2. The van der Waals surface area contributed by atoms with Gasteiger partial charge in [0, 0.05) is 35.6 Å². The molecule has 3 rings (SSSR count). The van der Waals surface area contributed by atoms with E-state index in [0.29, 0.717) is 0 Å². The number of benzene rings is 2. The Morgan fingerprint density at radius 3 is 1.58 bits per heavy atom. The third-order valence-electron chi connectivity index (χ3n) is 3.42. The molecule has 132 valence electrons. The van der Waals surface area contributed by atoms with Crippen LogP contribution in [-0.4, -0.2) is 25.4 Å². The highest BCUT2D eigenvalue weighted by Gasteiger charge is 2.25. The van der Waals surface area contributed by atoms with Gasteiger partial charge >= 0.3 is 0 Å². The molecule has 6 heteroatoms. The molecule has 1 heterocycles. The Kier molecular flexibility index (Phi) is 7.27. The van der Waals surface area contributed by atoms with Gasteiger partial charge in [0.15, 0.2) is 0 Å². The zero-order chi connectivity index (χ0) is 18.4. The minimum Gasteiger partial charge on any atom is -0.400 e. The molecule has 0 bridgehead atoms. The molecule has 2 aromatic carbocycles. The summed E-state index contributed by atoms with van der Waals surface area (Å²) >= 11 is 0. The second-order valence-corrected chi connectivity index (χ2v) is 9.49. The molecule has 0 aromatic heterocycles. The molecule has 0 saturated heterocycles. The summed E-state index contributed by atoms with van der Waals surface area (Å²) in [5.74, 6) is 0. The van der Waals surface area contributed by atoms with Crippen LogP contribution in [0.15, 0.2) is 48.5 Å². The fourth-order valence-corrected chi connectivity index (χ4v) is 1.94. The van der Waals surface area contributed by atoms with Gasteiger partial charge in [-0.2, -0.15) is 0 Å². The van der Waals surface area contributed by atoms with Crippen LogP contribution in [0.5, 0.6) is 0 Å². The van der Waals surface area contributed by atoms with Crippen LogP contribution in [0.1, 0.15) is 31.9 Å². The molecule has 2 aromatic rings. The van der Waals surface area contributed by atoms with Gasteiger partial charge in [-0.1, -0.05) is 36.4 Å². The molecule has 0 spiro atoms. The number of fused-ring (bicyclic) bond motifs is 2. The molecule has 0 aliphatic carbocycles. The molecule has 0 amide bonds. The van der Waals surface area contributed by atoms with Gasteiger partial charge in [0.2, 0.25) is 9.05 Å². The lowest BCUT2D eigenvalue weighted by molar-refractivity contribution is 0.399.